The molecule has 4 nitrogen and oxygen atoms in total. The smallest absolute Gasteiger partial charge is 0.237 e. The van der Waals surface area contributed by atoms with Crippen molar-refractivity contribution in [1.82, 2.24) is 10.1 Å². The first-order chi connectivity index (χ1) is 9.34. The zero-order valence-electron chi connectivity index (χ0n) is 11.1. The summed E-state index contributed by atoms with van der Waals surface area (Å²) in [7, 11) is 0. The Morgan fingerprint density at radius 3 is 2.84 bits per heavy atom. The number of rotatable bonds is 2. The van der Waals surface area contributed by atoms with Crippen molar-refractivity contribution in [3.63, 3.8) is 0 Å². The standard InChI is InChI=1S/C14H20N2O2S/c17-11-7-3-1-2-6-10(11)14-15-13(16-18-14)12-8-4-5-9-19-12/h10,12H,1-9H2. The molecular formula is C14H20N2O2S. The quantitative estimate of drug-likeness (QED) is 0.774. The van der Waals surface area contributed by atoms with Crippen LogP contribution in [0.1, 0.15) is 74.2 Å². The largest absolute Gasteiger partial charge is 0.339 e. The molecule has 2 heterocycles. The highest BCUT2D eigenvalue weighted by Crippen LogP contribution is 2.37. The van der Waals surface area contributed by atoms with Crippen molar-refractivity contribution in [1.29, 1.82) is 0 Å². The third-order valence-corrected chi connectivity index (χ3v) is 5.40. The minimum atomic E-state index is -0.141. The summed E-state index contributed by atoms with van der Waals surface area (Å²) in [5, 5.41) is 4.49. The lowest BCUT2D eigenvalue weighted by Gasteiger charge is -2.17. The van der Waals surface area contributed by atoms with Crippen molar-refractivity contribution in [2.24, 2.45) is 0 Å². The Morgan fingerprint density at radius 2 is 2.00 bits per heavy atom. The molecule has 0 aromatic carbocycles. The van der Waals surface area contributed by atoms with E-state index in [1.54, 1.807) is 0 Å². The van der Waals surface area contributed by atoms with E-state index in [0.717, 1.165) is 37.9 Å². The maximum Gasteiger partial charge on any atom is 0.237 e. The lowest BCUT2D eigenvalue weighted by Crippen LogP contribution is -2.11. The van der Waals surface area contributed by atoms with Gasteiger partial charge in [-0.2, -0.15) is 16.7 Å². The third-order valence-electron chi connectivity index (χ3n) is 4.03. The fourth-order valence-electron chi connectivity index (χ4n) is 2.88. The van der Waals surface area contributed by atoms with Crippen LogP contribution in [0.3, 0.4) is 0 Å². The fraction of sp³-hybridized carbons (Fsp3) is 0.786. The Labute approximate surface area is 117 Å². The average molecular weight is 280 g/mol. The number of nitrogens with zero attached hydrogens (tertiary/aromatic N) is 2. The predicted molar refractivity (Wildman–Crippen MR) is 74.2 cm³/mol. The Morgan fingerprint density at radius 1 is 1.11 bits per heavy atom. The summed E-state index contributed by atoms with van der Waals surface area (Å²) in [6.07, 6.45) is 8.43. The highest BCUT2D eigenvalue weighted by molar-refractivity contribution is 7.99. The van der Waals surface area contributed by atoms with E-state index in [0.29, 0.717) is 17.6 Å². The summed E-state index contributed by atoms with van der Waals surface area (Å²) in [6.45, 7) is 0. The van der Waals surface area contributed by atoms with E-state index in [9.17, 15) is 4.79 Å². The van der Waals surface area contributed by atoms with Crippen molar-refractivity contribution >= 4 is 17.5 Å². The number of Topliss-reactive ketones (excluding diaryl/α,β-unsaturated/α-hetero) is 1. The molecule has 2 atom stereocenters. The number of hydrogen-bond acceptors (Lipinski definition) is 5. The van der Waals surface area contributed by atoms with Gasteiger partial charge < -0.3 is 4.52 Å². The number of ketones is 1. The van der Waals surface area contributed by atoms with Crippen LogP contribution < -0.4 is 0 Å². The fourth-order valence-corrected chi connectivity index (χ4v) is 4.12. The maximum atomic E-state index is 12.1. The van der Waals surface area contributed by atoms with Gasteiger partial charge in [0.2, 0.25) is 5.89 Å². The van der Waals surface area contributed by atoms with E-state index < -0.39 is 0 Å². The molecule has 0 bridgehead atoms. The van der Waals surface area contributed by atoms with Crippen LogP contribution >= 0.6 is 11.8 Å². The van der Waals surface area contributed by atoms with Gasteiger partial charge in [-0.1, -0.05) is 24.4 Å². The van der Waals surface area contributed by atoms with Crippen molar-refractivity contribution in [2.45, 2.75) is 62.5 Å². The summed E-state index contributed by atoms with van der Waals surface area (Å²) < 4.78 is 5.39. The SMILES string of the molecule is O=C1CCCCCC1c1nc(C2CCCCS2)no1. The van der Waals surface area contributed by atoms with Gasteiger partial charge in [-0.25, -0.2) is 0 Å². The third kappa shape index (κ3) is 3.02. The second-order valence-electron chi connectivity index (χ2n) is 5.46. The van der Waals surface area contributed by atoms with Crippen LogP contribution in [0.25, 0.3) is 0 Å². The van der Waals surface area contributed by atoms with Crippen molar-refractivity contribution in [3.8, 4) is 0 Å². The first kappa shape index (κ1) is 13.2. The Kier molecular flexibility index (Phi) is 4.21. The molecule has 1 aromatic heterocycles. The summed E-state index contributed by atoms with van der Waals surface area (Å²) in [4.78, 5) is 16.6. The van der Waals surface area contributed by atoms with Gasteiger partial charge in [-0.05, 0) is 31.4 Å². The van der Waals surface area contributed by atoms with Crippen LogP contribution in [-0.4, -0.2) is 21.7 Å². The molecule has 0 radical (unpaired) electrons. The van der Waals surface area contributed by atoms with Crippen LogP contribution in [0.2, 0.25) is 0 Å². The number of aromatic nitrogens is 2. The molecular weight excluding hydrogens is 260 g/mol. The van der Waals surface area contributed by atoms with E-state index in [-0.39, 0.29) is 11.7 Å². The van der Waals surface area contributed by atoms with Gasteiger partial charge in [0.05, 0.1) is 11.2 Å². The zero-order valence-corrected chi connectivity index (χ0v) is 12.0. The van der Waals surface area contributed by atoms with Crippen LogP contribution in [0, 0.1) is 0 Å². The van der Waals surface area contributed by atoms with Gasteiger partial charge in [0, 0.05) is 6.42 Å². The first-order valence-corrected chi connectivity index (χ1v) is 8.37. The van der Waals surface area contributed by atoms with E-state index in [1.165, 1.54) is 18.6 Å². The lowest BCUT2D eigenvalue weighted by molar-refractivity contribution is -0.120. The van der Waals surface area contributed by atoms with Crippen molar-refractivity contribution in [3.05, 3.63) is 11.7 Å². The van der Waals surface area contributed by atoms with Crippen LogP contribution in [0.15, 0.2) is 4.52 Å². The number of carbonyl (C=O) groups excluding carboxylic acids is 1. The minimum absolute atomic E-state index is 0.141. The Hall–Kier alpha value is -0.840. The second-order valence-corrected chi connectivity index (χ2v) is 6.77. The van der Waals surface area contributed by atoms with Gasteiger partial charge in [0.25, 0.3) is 0 Å². The van der Waals surface area contributed by atoms with Crippen molar-refractivity contribution < 1.29 is 9.32 Å². The monoisotopic (exact) mass is 280 g/mol. The molecule has 0 spiro atoms. The summed E-state index contributed by atoms with van der Waals surface area (Å²) in [6, 6.07) is 0. The van der Waals surface area contributed by atoms with Crippen LogP contribution in [0.5, 0.6) is 0 Å². The van der Waals surface area contributed by atoms with E-state index in [4.69, 9.17) is 4.52 Å². The molecule has 1 aliphatic carbocycles. The second kappa shape index (κ2) is 6.07. The summed E-state index contributed by atoms with van der Waals surface area (Å²) in [5.74, 6) is 2.68. The van der Waals surface area contributed by atoms with E-state index >= 15 is 0 Å². The van der Waals surface area contributed by atoms with Crippen molar-refractivity contribution in [2.75, 3.05) is 5.75 Å². The van der Waals surface area contributed by atoms with E-state index in [2.05, 4.69) is 10.1 Å². The normalized spacial score (nSPS) is 29.2. The van der Waals surface area contributed by atoms with Crippen LogP contribution in [0.4, 0.5) is 0 Å². The van der Waals surface area contributed by atoms with Crippen LogP contribution in [-0.2, 0) is 4.79 Å². The van der Waals surface area contributed by atoms with Gasteiger partial charge >= 0.3 is 0 Å². The Bertz CT molecular complexity index is 440. The molecule has 0 amide bonds. The average Bonchev–Trinajstić information content (AvgIpc) is 2.83. The maximum absolute atomic E-state index is 12.1. The minimum Gasteiger partial charge on any atom is -0.339 e. The molecule has 104 valence electrons. The van der Waals surface area contributed by atoms with Gasteiger partial charge in [0.1, 0.15) is 5.78 Å². The highest BCUT2D eigenvalue weighted by atomic mass is 32.2. The zero-order chi connectivity index (χ0) is 13.1. The molecule has 1 aromatic rings. The summed E-state index contributed by atoms with van der Waals surface area (Å²) >= 11 is 1.91. The van der Waals surface area contributed by atoms with Gasteiger partial charge in [-0.3, -0.25) is 4.79 Å². The Balaban J connectivity index is 1.74. The lowest BCUT2D eigenvalue weighted by atomic mass is 9.99. The molecule has 2 fully saturated rings. The van der Waals surface area contributed by atoms with E-state index in [1.807, 2.05) is 11.8 Å². The molecule has 3 rings (SSSR count). The molecule has 2 aliphatic rings. The molecule has 2 unspecified atom stereocenters. The molecule has 19 heavy (non-hydrogen) atoms. The molecule has 5 heteroatoms. The number of thioether (sulfide) groups is 1. The molecule has 0 N–H and O–H groups in total. The highest BCUT2D eigenvalue weighted by Gasteiger charge is 2.29. The molecule has 1 saturated carbocycles. The van der Waals surface area contributed by atoms with Gasteiger partial charge in [-0.15, -0.1) is 0 Å². The number of carbonyl (C=O) groups is 1. The van der Waals surface area contributed by atoms with Gasteiger partial charge in [0.15, 0.2) is 5.82 Å². The molecule has 1 saturated heterocycles. The summed E-state index contributed by atoms with van der Waals surface area (Å²) in [5.41, 5.74) is 0. The predicted octanol–water partition coefficient (Wildman–Crippen LogP) is 3.64. The number of hydrogen-bond donors (Lipinski definition) is 0. The topological polar surface area (TPSA) is 56.0 Å². The first-order valence-electron chi connectivity index (χ1n) is 7.32. The molecule has 1 aliphatic heterocycles.